The van der Waals surface area contributed by atoms with Crippen molar-refractivity contribution in [3.05, 3.63) is 34.9 Å². The summed E-state index contributed by atoms with van der Waals surface area (Å²) in [6.07, 6.45) is 0.0728. The average molecular weight is 199 g/mol. The molecule has 2 nitrogen and oxygen atoms in total. The molecule has 3 heteroatoms. The minimum atomic E-state index is -0.807. The Hall–Kier alpha value is -1.02. The van der Waals surface area contributed by atoms with Crippen molar-refractivity contribution in [3.8, 4) is 0 Å². The zero-order valence-corrected chi connectivity index (χ0v) is 8.14. The number of aliphatic carboxylic acids is 1. The number of benzene rings is 1. The highest BCUT2D eigenvalue weighted by atomic mass is 35.5. The standard InChI is InChI=1S/C10H11ClO2/c1-7-4-8(5-10(12)13)2-3-9(7)6-11/h2-4H,5-6H2,1H3,(H,12,13). The highest BCUT2D eigenvalue weighted by molar-refractivity contribution is 6.17. The van der Waals surface area contributed by atoms with Gasteiger partial charge in [-0.05, 0) is 23.6 Å². The van der Waals surface area contributed by atoms with Crippen molar-refractivity contribution < 1.29 is 9.90 Å². The molecule has 70 valence electrons. The first kappa shape index (κ1) is 10.1. The van der Waals surface area contributed by atoms with Crippen LogP contribution in [0.3, 0.4) is 0 Å². The van der Waals surface area contributed by atoms with Gasteiger partial charge < -0.3 is 5.11 Å². The Morgan fingerprint density at radius 3 is 2.69 bits per heavy atom. The zero-order valence-electron chi connectivity index (χ0n) is 7.38. The molecule has 0 saturated carbocycles. The fourth-order valence-electron chi connectivity index (χ4n) is 1.19. The molecule has 0 atom stereocenters. The van der Waals surface area contributed by atoms with Crippen molar-refractivity contribution in [3.63, 3.8) is 0 Å². The van der Waals surface area contributed by atoms with Gasteiger partial charge in [0.15, 0.2) is 0 Å². The van der Waals surface area contributed by atoms with E-state index in [1.807, 2.05) is 19.1 Å². The average Bonchev–Trinajstić information content (AvgIpc) is 2.03. The summed E-state index contributed by atoms with van der Waals surface area (Å²) in [5.41, 5.74) is 2.92. The molecule has 0 heterocycles. The summed E-state index contributed by atoms with van der Waals surface area (Å²) >= 11 is 5.67. The fraction of sp³-hybridized carbons (Fsp3) is 0.300. The monoisotopic (exact) mass is 198 g/mol. The maximum Gasteiger partial charge on any atom is 0.307 e. The molecule has 0 unspecified atom stereocenters. The SMILES string of the molecule is Cc1cc(CC(=O)O)ccc1CCl. The molecule has 0 aliphatic carbocycles. The lowest BCUT2D eigenvalue weighted by atomic mass is 10.0. The molecule has 0 spiro atoms. The maximum atomic E-state index is 10.4. The summed E-state index contributed by atoms with van der Waals surface area (Å²) in [4.78, 5) is 10.4. The van der Waals surface area contributed by atoms with Crippen LogP contribution in [0.4, 0.5) is 0 Å². The highest BCUT2D eigenvalue weighted by Crippen LogP contribution is 2.13. The Labute approximate surface area is 82.2 Å². The van der Waals surface area contributed by atoms with E-state index in [9.17, 15) is 4.79 Å². The van der Waals surface area contributed by atoms with Crippen molar-refractivity contribution in [1.82, 2.24) is 0 Å². The normalized spacial score (nSPS) is 10.0. The molecule has 0 aliphatic heterocycles. The molecule has 0 fully saturated rings. The Morgan fingerprint density at radius 1 is 1.54 bits per heavy atom. The minimum Gasteiger partial charge on any atom is -0.481 e. The summed E-state index contributed by atoms with van der Waals surface area (Å²) in [6.45, 7) is 1.93. The van der Waals surface area contributed by atoms with Crippen LogP contribution in [0.2, 0.25) is 0 Å². The van der Waals surface area contributed by atoms with Gasteiger partial charge >= 0.3 is 5.97 Å². The Bertz CT molecular complexity index is 321. The van der Waals surface area contributed by atoms with Crippen LogP contribution >= 0.6 is 11.6 Å². The summed E-state index contributed by atoms with van der Waals surface area (Å²) in [5, 5.41) is 8.56. The number of carbonyl (C=O) groups is 1. The van der Waals surface area contributed by atoms with E-state index < -0.39 is 5.97 Å². The van der Waals surface area contributed by atoms with E-state index in [0.29, 0.717) is 5.88 Å². The first-order valence-corrected chi connectivity index (χ1v) is 4.53. The molecule has 0 radical (unpaired) electrons. The van der Waals surface area contributed by atoms with Crippen molar-refractivity contribution in [2.45, 2.75) is 19.2 Å². The molecule has 0 saturated heterocycles. The molecule has 1 rings (SSSR count). The number of carboxylic acids is 1. The van der Waals surface area contributed by atoms with Gasteiger partial charge in [-0.3, -0.25) is 4.79 Å². The van der Waals surface area contributed by atoms with Gasteiger partial charge in [0.05, 0.1) is 6.42 Å². The lowest BCUT2D eigenvalue weighted by molar-refractivity contribution is -0.136. The van der Waals surface area contributed by atoms with E-state index in [0.717, 1.165) is 16.7 Å². The molecule has 0 bridgehead atoms. The Balaban J connectivity index is 2.89. The third kappa shape index (κ3) is 2.74. The molecule has 0 aromatic heterocycles. The second-order valence-electron chi connectivity index (χ2n) is 2.96. The van der Waals surface area contributed by atoms with Crippen molar-refractivity contribution >= 4 is 17.6 Å². The molecular formula is C10H11ClO2. The van der Waals surface area contributed by atoms with Crippen LogP contribution in [-0.4, -0.2) is 11.1 Å². The van der Waals surface area contributed by atoms with Gasteiger partial charge in [0.1, 0.15) is 0 Å². The summed E-state index contributed by atoms with van der Waals surface area (Å²) in [7, 11) is 0. The van der Waals surface area contributed by atoms with Crippen LogP contribution in [0.25, 0.3) is 0 Å². The second kappa shape index (κ2) is 4.28. The van der Waals surface area contributed by atoms with Crippen molar-refractivity contribution in [2.75, 3.05) is 0 Å². The number of alkyl halides is 1. The van der Waals surface area contributed by atoms with E-state index in [1.54, 1.807) is 6.07 Å². The molecule has 13 heavy (non-hydrogen) atoms. The smallest absolute Gasteiger partial charge is 0.307 e. The van der Waals surface area contributed by atoms with Gasteiger partial charge in [0, 0.05) is 5.88 Å². The first-order chi connectivity index (χ1) is 6.13. The number of hydrogen-bond donors (Lipinski definition) is 1. The number of aryl methyl sites for hydroxylation is 1. The van der Waals surface area contributed by atoms with Crippen LogP contribution in [0.1, 0.15) is 16.7 Å². The van der Waals surface area contributed by atoms with E-state index in [2.05, 4.69) is 0 Å². The first-order valence-electron chi connectivity index (χ1n) is 3.99. The summed E-state index contributed by atoms with van der Waals surface area (Å²) in [5.74, 6) is -0.336. The van der Waals surface area contributed by atoms with Gasteiger partial charge in [-0.25, -0.2) is 0 Å². The van der Waals surface area contributed by atoms with Crippen LogP contribution in [0, 0.1) is 6.92 Å². The van der Waals surface area contributed by atoms with Crippen molar-refractivity contribution in [1.29, 1.82) is 0 Å². The minimum absolute atomic E-state index is 0.0728. The number of halogens is 1. The van der Waals surface area contributed by atoms with E-state index in [4.69, 9.17) is 16.7 Å². The summed E-state index contributed by atoms with van der Waals surface area (Å²) < 4.78 is 0. The van der Waals surface area contributed by atoms with E-state index in [1.165, 1.54) is 0 Å². The molecule has 1 aromatic carbocycles. The molecule has 1 N–H and O–H groups in total. The second-order valence-corrected chi connectivity index (χ2v) is 3.23. The Kier molecular flexibility index (Phi) is 3.32. The lowest BCUT2D eigenvalue weighted by Gasteiger charge is -2.03. The van der Waals surface area contributed by atoms with Crippen LogP contribution in [0.15, 0.2) is 18.2 Å². The third-order valence-electron chi connectivity index (χ3n) is 1.91. The van der Waals surface area contributed by atoms with Gasteiger partial charge in [0.25, 0.3) is 0 Å². The lowest BCUT2D eigenvalue weighted by Crippen LogP contribution is -2.00. The number of hydrogen-bond acceptors (Lipinski definition) is 1. The zero-order chi connectivity index (χ0) is 9.84. The van der Waals surface area contributed by atoms with Crippen LogP contribution < -0.4 is 0 Å². The fourth-order valence-corrected chi connectivity index (χ4v) is 1.49. The predicted molar refractivity (Wildman–Crippen MR) is 52.1 cm³/mol. The molecule has 0 aliphatic rings. The van der Waals surface area contributed by atoms with Gasteiger partial charge in [0.2, 0.25) is 0 Å². The van der Waals surface area contributed by atoms with Gasteiger partial charge in [-0.15, -0.1) is 11.6 Å². The quantitative estimate of drug-likeness (QED) is 0.758. The maximum absolute atomic E-state index is 10.4. The predicted octanol–water partition coefficient (Wildman–Crippen LogP) is 2.36. The van der Waals surface area contributed by atoms with Crippen LogP contribution in [0.5, 0.6) is 0 Å². The van der Waals surface area contributed by atoms with E-state index in [-0.39, 0.29) is 6.42 Å². The van der Waals surface area contributed by atoms with Gasteiger partial charge in [-0.2, -0.15) is 0 Å². The summed E-state index contributed by atoms with van der Waals surface area (Å²) in [6, 6.07) is 5.55. The topological polar surface area (TPSA) is 37.3 Å². The van der Waals surface area contributed by atoms with Crippen LogP contribution in [-0.2, 0) is 17.1 Å². The number of carboxylic acid groups (broad SMARTS) is 1. The molecule has 1 aromatic rings. The highest BCUT2D eigenvalue weighted by Gasteiger charge is 2.02. The number of rotatable bonds is 3. The largest absolute Gasteiger partial charge is 0.481 e. The van der Waals surface area contributed by atoms with Crippen molar-refractivity contribution in [2.24, 2.45) is 0 Å². The van der Waals surface area contributed by atoms with E-state index >= 15 is 0 Å². The van der Waals surface area contributed by atoms with Gasteiger partial charge in [-0.1, -0.05) is 18.2 Å². The molecule has 0 amide bonds. The molecular weight excluding hydrogens is 188 g/mol. The third-order valence-corrected chi connectivity index (χ3v) is 2.19. The Morgan fingerprint density at radius 2 is 2.23 bits per heavy atom.